The van der Waals surface area contributed by atoms with Crippen molar-refractivity contribution >= 4 is 35.6 Å². The van der Waals surface area contributed by atoms with Crippen LogP contribution in [0.2, 0.25) is 0 Å². The van der Waals surface area contributed by atoms with Crippen molar-refractivity contribution in [3.05, 3.63) is 29.6 Å². The average Bonchev–Trinajstić information content (AvgIpc) is 3.36. The molecule has 0 amide bonds. The summed E-state index contributed by atoms with van der Waals surface area (Å²) >= 11 is 0. The Morgan fingerprint density at radius 1 is 1.20 bits per heavy atom. The molecule has 0 aromatic heterocycles. The highest BCUT2D eigenvalue weighted by atomic mass is 127. The predicted molar refractivity (Wildman–Crippen MR) is 130 cm³/mol. The predicted octanol–water partition coefficient (Wildman–Crippen LogP) is 2.96. The van der Waals surface area contributed by atoms with E-state index >= 15 is 0 Å². The van der Waals surface area contributed by atoms with Crippen LogP contribution in [-0.4, -0.2) is 68.4 Å². The van der Waals surface area contributed by atoms with Crippen LogP contribution in [0.5, 0.6) is 0 Å². The maximum Gasteiger partial charge on any atom is 0.191 e. The molecular weight excluding hydrogens is 496 g/mol. The summed E-state index contributed by atoms with van der Waals surface area (Å²) in [6.45, 7) is 10.3. The number of fused-ring (bicyclic) bond motifs is 2. The van der Waals surface area contributed by atoms with Crippen LogP contribution >= 0.6 is 24.0 Å². The molecule has 2 N–H and O–H groups in total. The number of piperazine rings is 1. The molecule has 3 unspecified atom stereocenters. The number of guanidine groups is 1. The van der Waals surface area contributed by atoms with Gasteiger partial charge in [-0.05, 0) is 50.4 Å². The SMILES string of the molecule is CCNC(=NCc1ccc(N2CCN(CC)CC2)c(F)c1)NC1CC2CCC1O2.I. The summed E-state index contributed by atoms with van der Waals surface area (Å²) in [7, 11) is 0. The van der Waals surface area contributed by atoms with Crippen molar-refractivity contribution in [3.63, 3.8) is 0 Å². The molecule has 4 rings (SSSR count). The van der Waals surface area contributed by atoms with Gasteiger partial charge in [0.15, 0.2) is 5.96 Å². The van der Waals surface area contributed by atoms with Crippen molar-refractivity contribution in [1.29, 1.82) is 0 Å². The number of rotatable bonds is 6. The Hall–Kier alpha value is -1.13. The van der Waals surface area contributed by atoms with Crippen LogP contribution in [0.3, 0.4) is 0 Å². The Morgan fingerprint density at radius 3 is 2.60 bits per heavy atom. The van der Waals surface area contributed by atoms with Crippen LogP contribution in [0.4, 0.5) is 10.1 Å². The van der Waals surface area contributed by atoms with Gasteiger partial charge in [-0.25, -0.2) is 9.38 Å². The molecule has 3 atom stereocenters. The Kier molecular flexibility index (Phi) is 8.59. The van der Waals surface area contributed by atoms with Gasteiger partial charge in [-0.15, -0.1) is 24.0 Å². The lowest BCUT2D eigenvalue weighted by Gasteiger charge is -2.35. The highest BCUT2D eigenvalue weighted by Gasteiger charge is 2.41. The molecule has 8 heteroatoms. The quantitative estimate of drug-likeness (QED) is 0.336. The van der Waals surface area contributed by atoms with E-state index in [1.807, 2.05) is 12.1 Å². The number of hydrogen-bond acceptors (Lipinski definition) is 4. The van der Waals surface area contributed by atoms with Crippen molar-refractivity contribution < 1.29 is 9.13 Å². The molecule has 2 bridgehead atoms. The van der Waals surface area contributed by atoms with Gasteiger partial charge >= 0.3 is 0 Å². The van der Waals surface area contributed by atoms with E-state index in [9.17, 15) is 4.39 Å². The highest BCUT2D eigenvalue weighted by Crippen LogP contribution is 2.34. The number of nitrogens with one attached hydrogen (secondary N) is 2. The fourth-order valence-corrected chi connectivity index (χ4v) is 4.67. The van der Waals surface area contributed by atoms with Crippen LogP contribution in [0.25, 0.3) is 0 Å². The molecule has 3 aliphatic heterocycles. The second-order valence-electron chi connectivity index (χ2n) is 8.26. The maximum atomic E-state index is 14.8. The molecular formula is C22H35FIN5O. The molecule has 168 valence electrons. The summed E-state index contributed by atoms with van der Waals surface area (Å²) in [5, 5.41) is 6.82. The first-order valence-electron chi connectivity index (χ1n) is 11.1. The molecule has 0 saturated carbocycles. The van der Waals surface area contributed by atoms with Gasteiger partial charge in [0.25, 0.3) is 0 Å². The van der Waals surface area contributed by atoms with E-state index in [0.717, 1.165) is 63.6 Å². The number of benzene rings is 1. The van der Waals surface area contributed by atoms with Gasteiger partial charge < -0.3 is 25.2 Å². The van der Waals surface area contributed by atoms with Crippen LogP contribution < -0.4 is 15.5 Å². The third-order valence-electron chi connectivity index (χ3n) is 6.36. The zero-order chi connectivity index (χ0) is 20.2. The molecule has 0 spiro atoms. The lowest BCUT2D eigenvalue weighted by atomic mass is 9.96. The lowest BCUT2D eigenvalue weighted by Crippen LogP contribution is -2.47. The Bertz CT molecular complexity index is 725. The summed E-state index contributed by atoms with van der Waals surface area (Å²) < 4.78 is 20.7. The third kappa shape index (κ3) is 5.56. The van der Waals surface area contributed by atoms with Crippen LogP contribution in [0, 0.1) is 5.82 Å². The monoisotopic (exact) mass is 531 g/mol. The van der Waals surface area contributed by atoms with Gasteiger partial charge in [0, 0.05) is 32.7 Å². The first-order valence-corrected chi connectivity index (χ1v) is 11.1. The molecule has 3 fully saturated rings. The number of anilines is 1. The molecule has 30 heavy (non-hydrogen) atoms. The van der Waals surface area contributed by atoms with Gasteiger partial charge in [-0.2, -0.15) is 0 Å². The first-order chi connectivity index (χ1) is 14.2. The van der Waals surface area contributed by atoms with Crippen LogP contribution in [-0.2, 0) is 11.3 Å². The van der Waals surface area contributed by atoms with Gasteiger partial charge in [-0.3, -0.25) is 0 Å². The first kappa shape index (κ1) is 23.5. The smallest absolute Gasteiger partial charge is 0.191 e. The van der Waals surface area contributed by atoms with E-state index in [-0.39, 0.29) is 29.8 Å². The van der Waals surface area contributed by atoms with Crippen molar-refractivity contribution in [3.8, 4) is 0 Å². The van der Waals surface area contributed by atoms with E-state index in [0.29, 0.717) is 30.5 Å². The standard InChI is InChI=1S/C22H34FN5O.HI/c1-3-24-22(26-19-14-17-6-8-21(19)29-17)25-15-16-5-7-20(18(23)13-16)28-11-9-27(4-2)10-12-28;/h5,7,13,17,19,21H,3-4,6,8-12,14-15H2,1-2H3,(H2,24,25,26);1H. The largest absolute Gasteiger partial charge is 0.373 e. The second kappa shape index (κ2) is 10.9. The number of likely N-dealkylation sites (N-methyl/N-ethyl adjacent to an activating group) is 1. The minimum Gasteiger partial charge on any atom is -0.373 e. The number of halogens is 2. The van der Waals surface area contributed by atoms with Crippen LogP contribution in [0.15, 0.2) is 23.2 Å². The molecule has 3 saturated heterocycles. The lowest BCUT2D eigenvalue weighted by molar-refractivity contribution is 0.0992. The van der Waals surface area contributed by atoms with Crippen LogP contribution in [0.1, 0.15) is 38.7 Å². The number of aliphatic imine (C=N–C) groups is 1. The van der Waals surface area contributed by atoms with Crippen molar-refractivity contribution in [2.45, 2.75) is 57.9 Å². The van der Waals surface area contributed by atoms with Gasteiger partial charge in [-0.1, -0.05) is 13.0 Å². The fourth-order valence-electron chi connectivity index (χ4n) is 4.67. The zero-order valence-electron chi connectivity index (χ0n) is 18.1. The normalized spacial score (nSPS) is 26.6. The van der Waals surface area contributed by atoms with E-state index in [2.05, 4.69) is 39.3 Å². The Balaban J connectivity index is 0.00000256. The molecule has 0 aliphatic carbocycles. The van der Waals surface area contributed by atoms with E-state index in [4.69, 9.17) is 4.74 Å². The molecule has 3 heterocycles. The van der Waals surface area contributed by atoms with Gasteiger partial charge in [0.05, 0.1) is 30.5 Å². The second-order valence-corrected chi connectivity index (χ2v) is 8.26. The minimum atomic E-state index is -0.151. The van der Waals surface area contributed by atoms with Gasteiger partial charge in [0.2, 0.25) is 0 Å². The highest BCUT2D eigenvalue weighted by molar-refractivity contribution is 14.0. The summed E-state index contributed by atoms with van der Waals surface area (Å²) in [6, 6.07) is 5.87. The molecule has 1 aromatic rings. The summed E-state index contributed by atoms with van der Waals surface area (Å²) in [4.78, 5) is 9.23. The summed E-state index contributed by atoms with van der Waals surface area (Å²) in [6.07, 6.45) is 4.05. The van der Waals surface area contributed by atoms with Gasteiger partial charge in [0.1, 0.15) is 5.82 Å². The maximum absolute atomic E-state index is 14.8. The van der Waals surface area contributed by atoms with E-state index < -0.39 is 0 Å². The van der Waals surface area contributed by atoms with Crippen molar-refractivity contribution in [1.82, 2.24) is 15.5 Å². The van der Waals surface area contributed by atoms with E-state index in [1.54, 1.807) is 6.07 Å². The summed E-state index contributed by atoms with van der Waals surface area (Å²) in [5.74, 6) is 0.635. The molecule has 1 aromatic carbocycles. The van der Waals surface area contributed by atoms with Crippen molar-refractivity contribution in [2.75, 3.05) is 44.2 Å². The fraction of sp³-hybridized carbons (Fsp3) is 0.682. The molecule has 0 radical (unpaired) electrons. The third-order valence-corrected chi connectivity index (χ3v) is 6.36. The number of ether oxygens (including phenoxy) is 1. The summed E-state index contributed by atoms with van der Waals surface area (Å²) in [5.41, 5.74) is 1.59. The molecule has 3 aliphatic rings. The van der Waals surface area contributed by atoms with E-state index in [1.165, 1.54) is 6.42 Å². The zero-order valence-corrected chi connectivity index (χ0v) is 20.4. The molecule has 6 nitrogen and oxygen atoms in total. The minimum absolute atomic E-state index is 0. The number of hydrogen-bond donors (Lipinski definition) is 2. The topological polar surface area (TPSA) is 52.1 Å². The Morgan fingerprint density at radius 2 is 2.00 bits per heavy atom. The van der Waals surface area contributed by atoms with Crippen molar-refractivity contribution in [2.24, 2.45) is 4.99 Å². The number of nitrogens with zero attached hydrogens (tertiary/aromatic N) is 3. The average molecular weight is 531 g/mol. The Labute approximate surface area is 196 Å².